The lowest BCUT2D eigenvalue weighted by atomic mass is 9.78. The molecular weight excluding hydrogens is 314 g/mol. The molecule has 0 spiro atoms. The first-order chi connectivity index (χ1) is 10.3. The standard InChI is InChI=1S/C14H17BF3NO4/c1-12(2)13(3,4)23-15(22-12)9-5-8(11(19)20)6-10(7-9)21-14(16,17)18/h5-7H,1-4H3,(H2,19,20). The van der Waals surface area contributed by atoms with Crippen molar-refractivity contribution in [1.82, 2.24) is 0 Å². The molecule has 0 unspecified atom stereocenters. The lowest BCUT2D eigenvalue weighted by Gasteiger charge is -2.32. The van der Waals surface area contributed by atoms with Crippen LogP contribution in [0.15, 0.2) is 18.2 Å². The van der Waals surface area contributed by atoms with Crippen LogP contribution in [0.25, 0.3) is 0 Å². The Morgan fingerprint density at radius 2 is 1.65 bits per heavy atom. The molecule has 1 aromatic rings. The Labute approximate surface area is 132 Å². The van der Waals surface area contributed by atoms with Gasteiger partial charge in [0.05, 0.1) is 11.2 Å². The summed E-state index contributed by atoms with van der Waals surface area (Å²) < 4.78 is 52.7. The van der Waals surface area contributed by atoms with Gasteiger partial charge in [-0.15, -0.1) is 13.2 Å². The molecule has 0 aliphatic carbocycles. The summed E-state index contributed by atoms with van der Waals surface area (Å²) >= 11 is 0. The van der Waals surface area contributed by atoms with Crippen molar-refractivity contribution in [3.63, 3.8) is 0 Å². The molecule has 126 valence electrons. The lowest BCUT2D eigenvalue weighted by Crippen LogP contribution is -2.41. The summed E-state index contributed by atoms with van der Waals surface area (Å²) in [4.78, 5) is 11.3. The Morgan fingerprint density at radius 3 is 2.09 bits per heavy atom. The minimum Gasteiger partial charge on any atom is -0.406 e. The average molecular weight is 331 g/mol. The largest absolute Gasteiger partial charge is 0.573 e. The SMILES string of the molecule is CC1(C)OB(c2cc(OC(F)(F)F)cc(C(N)=O)c2)OC1(C)C. The van der Waals surface area contributed by atoms with Crippen LogP contribution in [0.2, 0.25) is 0 Å². The number of primary amides is 1. The second-order valence-electron chi connectivity index (χ2n) is 6.29. The minimum absolute atomic E-state index is 0.128. The van der Waals surface area contributed by atoms with Crippen LogP contribution in [0.1, 0.15) is 38.1 Å². The fourth-order valence-electron chi connectivity index (χ4n) is 2.07. The van der Waals surface area contributed by atoms with Crippen molar-refractivity contribution in [2.45, 2.75) is 45.3 Å². The van der Waals surface area contributed by atoms with Crippen LogP contribution < -0.4 is 15.9 Å². The fraction of sp³-hybridized carbons (Fsp3) is 0.500. The van der Waals surface area contributed by atoms with Gasteiger partial charge in [0.25, 0.3) is 0 Å². The number of halogens is 3. The highest BCUT2D eigenvalue weighted by molar-refractivity contribution is 6.62. The third-order valence-corrected chi connectivity index (χ3v) is 3.97. The van der Waals surface area contributed by atoms with Crippen molar-refractivity contribution in [1.29, 1.82) is 0 Å². The van der Waals surface area contributed by atoms with Gasteiger partial charge in [-0.05, 0) is 51.4 Å². The van der Waals surface area contributed by atoms with Crippen LogP contribution in [0, 0.1) is 0 Å². The van der Waals surface area contributed by atoms with E-state index < -0.39 is 36.3 Å². The van der Waals surface area contributed by atoms with E-state index in [0.29, 0.717) is 0 Å². The maximum absolute atomic E-state index is 12.4. The summed E-state index contributed by atoms with van der Waals surface area (Å²) in [6, 6.07) is 3.36. The van der Waals surface area contributed by atoms with Crippen molar-refractivity contribution in [3.05, 3.63) is 23.8 Å². The summed E-state index contributed by atoms with van der Waals surface area (Å²) in [6.45, 7) is 7.21. The maximum atomic E-state index is 12.4. The zero-order valence-electron chi connectivity index (χ0n) is 13.2. The molecular formula is C14H17BF3NO4. The van der Waals surface area contributed by atoms with Crippen LogP contribution in [-0.4, -0.2) is 30.6 Å². The molecule has 9 heteroatoms. The van der Waals surface area contributed by atoms with E-state index in [0.717, 1.165) is 12.1 Å². The van der Waals surface area contributed by atoms with Gasteiger partial charge in [-0.25, -0.2) is 0 Å². The molecule has 1 saturated heterocycles. The predicted molar refractivity (Wildman–Crippen MR) is 77.4 cm³/mol. The van der Waals surface area contributed by atoms with Gasteiger partial charge in [-0.1, -0.05) is 0 Å². The van der Waals surface area contributed by atoms with Crippen molar-refractivity contribution in [3.8, 4) is 5.75 Å². The second-order valence-corrected chi connectivity index (χ2v) is 6.29. The maximum Gasteiger partial charge on any atom is 0.573 e. The van der Waals surface area contributed by atoms with Crippen molar-refractivity contribution in [2.75, 3.05) is 0 Å². The molecule has 1 amide bonds. The first-order valence-electron chi connectivity index (χ1n) is 6.87. The third-order valence-electron chi connectivity index (χ3n) is 3.97. The van der Waals surface area contributed by atoms with E-state index in [4.69, 9.17) is 15.0 Å². The van der Waals surface area contributed by atoms with Gasteiger partial charge in [0.1, 0.15) is 5.75 Å². The molecule has 5 nitrogen and oxygen atoms in total. The van der Waals surface area contributed by atoms with E-state index in [9.17, 15) is 18.0 Å². The smallest absolute Gasteiger partial charge is 0.406 e. The number of alkyl halides is 3. The molecule has 0 atom stereocenters. The molecule has 1 fully saturated rings. The topological polar surface area (TPSA) is 70.8 Å². The van der Waals surface area contributed by atoms with Crippen LogP contribution in [0.5, 0.6) is 5.75 Å². The highest BCUT2D eigenvalue weighted by atomic mass is 19.4. The van der Waals surface area contributed by atoms with Gasteiger partial charge in [0.2, 0.25) is 5.91 Å². The van der Waals surface area contributed by atoms with Gasteiger partial charge < -0.3 is 19.8 Å². The summed E-state index contributed by atoms with van der Waals surface area (Å²) in [7, 11) is -0.935. The number of nitrogens with two attached hydrogens (primary N) is 1. The summed E-state index contributed by atoms with van der Waals surface area (Å²) in [5, 5.41) is 0. The number of carbonyl (C=O) groups excluding carboxylic acids is 1. The first-order valence-corrected chi connectivity index (χ1v) is 6.87. The van der Waals surface area contributed by atoms with Crippen molar-refractivity contribution in [2.24, 2.45) is 5.73 Å². The highest BCUT2D eigenvalue weighted by Crippen LogP contribution is 2.37. The van der Waals surface area contributed by atoms with Crippen LogP contribution >= 0.6 is 0 Å². The molecule has 1 aromatic carbocycles. The Balaban J connectivity index is 2.41. The number of hydrogen-bond acceptors (Lipinski definition) is 4. The zero-order valence-corrected chi connectivity index (χ0v) is 13.2. The van der Waals surface area contributed by atoms with Crippen molar-refractivity contribution >= 4 is 18.5 Å². The van der Waals surface area contributed by atoms with E-state index in [1.165, 1.54) is 6.07 Å². The quantitative estimate of drug-likeness (QED) is 0.860. The Kier molecular flexibility index (Phi) is 4.15. The molecule has 0 saturated carbocycles. The molecule has 23 heavy (non-hydrogen) atoms. The summed E-state index contributed by atoms with van der Waals surface area (Å²) in [5.74, 6) is -1.44. The van der Waals surface area contributed by atoms with Crippen LogP contribution in [-0.2, 0) is 9.31 Å². The number of amides is 1. The number of benzene rings is 1. The van der Waals surface area contributed by atoms with Gasteiger partial charge in [-0.3, -0.25) is 4.79 Å². The highest BCUT2D eigenvalue weighted by Gasteiger charge is 2.52. The third kappa shape index (κ3) is 3.78. The summed E-state index contributed by atoms with van der Waals surface area (Å²) in [5.41, 5.74) is 3.91. The molecule has 1 aliphatic heterocycles. The normalized spacial score (nSPS) is 19.7. The second kappa shape index (κ2) is 5.42. The van der Waals surface area contributed by atoms with E-state index in [1.807, 2.05) is 0 Å². The molecule has 2 N–H and O–H groups in total. The Hall–Kier alpha value is -1.74. The lowest BCUT2D eigenvalue weighted by molar-refractivity contribution is -0.274. The minimum atomic E-state index is -4.89. The predicted octanol–water partition coefficient (Wildman–Crippen LogP) is 1.98. The van der Waals surface area contributed by atoms with Gasteiger partial charge in [0.15, 0.2) is 0 Å². The fourth-order valence-corrected chi connectivity index (χ4v) is 2.07. The summed E-state index contributed by atoms with van der Waals surface area (Å²) in [6.07, 6.45) is -4.89. The molecule has 1 heterocycles. The van der Waals surface area contributed by atoms with Crippen molar-refractivity contribution < 1.29 is 32.0 Å². The van der Waals surface area contributed by atoms with Gasteiger partial charge >= 0.3 is 13.5 Å². The molecule has 1 aliphatic rings. The molecule has 0 bridgehead atoms. The van der Waals surface area contributed by atoms with E-state index in [2.05, 4.69) is 4.74 Å². The van der Waals surface area contributed by atoms with E-state index in [1.54, 1.807) is 27.7 Å². The van der Waals surface area contributed by atoms with Gasteiger partial charge in [0, 0.05) is 5.56 Å². The number of carbonyl (C=O) groups is 1. The number of rotatable bonds is 3. The van der Waals surface area contributed by atoms with Gasteiger partial charge in [-0.2, -0.15) is 0 Å². The van der Waals surface area contributed by atoms with E-state index in [-0.39, 0.29) is 11.0 Å². The first kappa shape index (κ1) is 17.6. The van der Waals surface area contributed by atoms with Crippen LogP contribution in [0.3, 0.4) is 0 Å². The Morgan fingerprint density at radius 1 is 1.13 bits per heavy atom. The number of ether oxygens (including phenoxy) is 1. The zero-order chi connectivity index (χ0) is 17.6. The molecule has 0 radical (unpaired) electrons. The van der Waals surface area contributed by atoms with E-state index >= 15 is 0 Å². The molecule has 2 rings (SSSR count). The Bertz CT molecular complexity index is 615. The number of hydrogen-bond donors (Lipinski definition) is 1. The molecule has 0 aromatic heterocycles. The van der Waals surface area contributed by atoms with Crippen LogP contribution in [0.4, 0.5) is 13.2 Å². The average Bonchev–Trinajstić information content (AvgIpc) is 2.56. The monoisotopic (exact) mass is 331 g/mol.